The molecule has 0 radical (unpaired) electrons. The van der Waals surface area contributed by atoms with E-state index in [2.05, 4.69) is 67.9 Å². The Kier molecular flexibility index (Phi) is 16.7. The van der Waals surface area contributed by atoms with Crippen molar-refractivity contribution >= 4 is 11.8 Å². The van der Waals surface area contributed by atoms with Gasteiger partial charge in [-0.25, -0.2) is 9.59 Å². The molecule has 6 aromatic heterocycles. The highest BCUT2D eigenvalue weighted by Crippen LogP contribution is 2.19. The van der Waals surface area contributed by atoms with Crippen LogP contribution in [0.5, 0.6) is 0 Å². The molecular weight excluding hydrogens is 885 g/mol. The second kappa shape index (κ2) is 23.4. The van der Waals surface area contributed by atoms with E-state index in [1.54, 1.807) is 24.5 Å². The van der Waals surface area contributed by atoms with Gasteiger partial charge in [-0.2, -0.15) is 9.97 Å². The minimum atomic E-state index is -0.445. The fourth-order valence-electron chi connectivity index (χ4n) is 8.33. The molecule has 8 rings (SSSR count). The summed E-state index contributed by atoms with van der Waals surface area (Å²) < 4.78 is 16.0. The largest absolute Gasteiger partial charge is 0.332 e. The molecule has 6 aromatic rings. The highest BCUT2D eigenvalue weighted by molar-refractivity contribution is 5.97. The lowest BCUT2D eigenvalue weighted by Crippen LogP contribution is -2.48. The summed E-state index contributed by atoms with van der Waals surface area (Å²) in [5.41, 5.74) is 1.44. The lowest BCUT2D eigenvalue weighted by Gasteiger charge is -2.23. The molecule has 362 valence electrons. The van der Waals surface area contributed by atoms with Gasteiger partial charge in [0, 0.05) is 75.7 Å². The third kappa shape index (κ3) is 11.9. The van der Waals surface area contributed by atoms with Gasteiger partial charge in [-0.1, -0.05) is 81.6 Å². The Morgan fingerprint density at radius 3 is 1.36 bits per heavy atom. The maximum atomic E-state index is 13.3. The number of allylic oxidation sites excluding steroid dienone is 2. The van der Waals surface area contributed by atoms with Crippen molar-refractivity contribution in [3.63, 3.8) is 0 Å². The van der Waals surface area contributed by atoms with Crippen LogP contribution in [0.4, 0.5) is 0 Å². The second-order valence-electron chi connectivity index (χ2n) is 17.0. The molecule has 2 aliphatic rings. The zero-order chi connectivity index (χ0) is 48.9. The van der Waals surface area contributed by atoms with Crippen molar-refractivity contribution in [2.75, 3.05) is 0 Å². The molecule has 2 aliphatic heterocycles. The Bertz CT molecular complexity index is 3040. The SMILES string of the molecule is C=C1Cc2c(n(CCCCC)c(=O)n(CCCCc3noc(-c4ccccn4)n3)c2=O)C(=O)N1.C=C1Cc2c(n(CCCCCC)c(=O)n(CCCCc3noc(-c4ccccn4)n3)c2=O)C(=O)N1. The number of rotatable bonds is 21. The van der Waals surface area contributed by atoms with Gasteiger partial charge in [0.1, 0.15) is 22.8 Å². The van der Waals surface area contributed by atoms with Gasteiger partial charge in [0.15, 0.2) is 11.6 Å². The number of fused-ring (bicyclic) bond motifs is 2. The third-order valence-corrected chi connectivity index (χ3v) is 11.8. The van der Waals surface area contributed by atoms with E-state index in [-0.39, 0.29) is 37.3 Å². The third-order valence-electron chi connectivity index (χ3n) is 11.8. The molecule has 20 nitrogen and oxygen atoms in total. The Hall–Kier alpha value is -7.64. The van der Waals surface area contributed by atoms with E-state index in [0.29, 0.717) is 109 Å². The molecule has 0 unspecified atom stereocenters. The van der Waals surface area contributed by atoms with Gasteiger partial charge in [0.25, 0.3) is 34.7 Å². The Morgan fingerprint density at radius 1 is 0.536 bits per heavy atom. The van der Waals surface area contributed by atoms with Gasteiger partial charge in [-0.3, -0.25) is 47.4 Å². The van der Waals surface area contributed by atoms with E-state index in [0.717, 1.165) is 44.9 Å². The van der Waals surface area contributed by atoms with Crippen molar-refractivity contribution in [1.82, 2.24) is 59.2 Å². The average Bonchev–Trinajstić information content (AvgIpc) is 4.03. The van der Waals surface area contributed by atoms with Crippen LogP contribution in [-0.4, -0.2) is 60.3 Å². The number of carbonyl (C=O) groups is 2. The van der Waals surface area contributed by atoms with E-state index in [1.807, 2.05) is 24.3 Å². The number of amides is 2. The molecule has 0 aliphatic carbocycles. The smallest absolute Gasteiger partial charge is 0.331 e. The van der Waals surface area contributed by atoms with Crippen LogP contribution in [0.2, 0.25) is 0 Å². The summed E-state index contributed by atoms with van der Waals surface area (Å²) in [7, 11) is 0. The highest BCUT2D eigenvalue weighted by Gasteiger charge is 2.30. The summed E-state index contributed by atoms with van der Waals surface area (Å²) in [6.07, 6.45) is 13.8. The quantitative estimate of drug-likeness (QED) is 0.0867. The number of pyridine rings is 2. The first-order chi connectivity index (χ1) is 33.5. The van der Waals surface area contributed by atoms with Gasteiger partial charge in [0.05, 0.1) is 11.1 Å². The second-order valence-corrected chi connectivity index (χ2v) is 17.0. The van der Waals surface area contributed by atoms with Crippen molar-refractivity contribution in [1.29, 1.82) is 0 Å². The van der Waals surface area contributed by atoms with Crippen LogP contribution in [0.25, 0.3) is 23.2 Å². The Labute approximate surface area is 397 Å². The zero-order valence-electron chi connectivity index (χ0n) is 39.2. The van der Waals surface area contributed by atoms with Crippen LogP contribution in [-0.2, 0) is 51.9 Å². The summed E-state index contributed by atoms with van der Waals surface area (Å²) in [6.45, 7) is 13.1. The zero-order valence-corrected chi connectivity index (χ0v) is 39.2. The van der Waals surface area contributed by atoms with Crippen LogP contribution in [0, 0.1) is 0 Å². The van der Waals surface area contributed by atoms with Crippen molar-refractivity contribution < 1.29 is 18.6 Å². The van der Waals surface area contributed by atoms with Gasteiger partial charge >= 0.3 is 11.4 Å². The number of aromatic nitrogens is 10. The van der Waals surface area contributed by atoms with Crippen molar-refractivity contribution in [3.8, 4) is 23.2 Å². The van der Waals surface area contributed by atoms with E-state index in [1.165, 1.54) is 18.3 Å². The number of aryl methyl sites for hydroxylation is 2. The predicted molar refractivity (Wildman–Crippen MR) is 255 cm³/mol. The van der Waals surface area contributed by atoms with E-state index < -0.39 is 34.3 Å². The fourth-order valence-corrected chi connectivity index (χ4v) is 8.33. The molecule has 2 amide bonds. The maximum Gasteiger partial charge on any atom is 0.331 e. The maximum absolute atomic E-state index is 13.3. The molecule has 2 N–H and O–H groups in total. The van der Waals surface area contributed by atoms with Crippen molar-refractivity contribution in [2.45, 2.75) is 136 Å². The first kappa shape index (κ1) is 49.3. The van der Waals surface area contributed by atoms with Crippen LogP contribution in [0.1, 0.15) is 128 Å². The molecule has 0 saturated heterocycles. The summed E-state index contributed by atoms with van der Waals surface area (Å²) in [4.78, 5) is 95.0. The fraction of sp³-hybridized carbons (Fsp3) is 0.429. The van der Waals surface area contributed by atoms with Crippen molar-refractivity contribution in [3.05, 3.63) is 149 Å². The molecule has 0 aromatic carbocycles. The van der Waals surface area contributed by atoms with E-state index in [9.17, 15) is 28.8 Å². The lowest BCUT2D eigenvalue weighted by molar-refractivity contribution is 0.0937. The van der Waals surface area contributed by atoms with Crippen LogP contribution in [0.3, 0.4) is 0 Å². The predicted octanol–water partition coefficient (Wildman–Crippen LogP) is 5.33. The van der Waals surface area contributed by atoms with Crippen LogP contribution < -0.4 is 33.1 Å². The number of carbonyl (C=O) groups excluding carboxylic acids is 2. The molecule has 8 heterocycles. The lowest BCUT2D eigenvalue weighted by atomic mass is 10.0. The molecule has 0 spiro atoms. The first-order valence-electron chi connectivity index (χ1n) is 23.7. The standard InChI is InChI=1S/C25H30N6O4.C24H28N6O4/c1-3-4-5-9-14-30-21-18(16-17(2)27-22(21)32)24(33)31(25(30)34)15-10-7-12-20-28-23(35-29-20)19-11-6-8-13-26-19;1-3-4-8-13-29-20-17(15-16(2)26-21(20)31)23(32)30(24(29)33)14-9-6-11-19-27-22(34-28-19)18-10-5-7-12-25-18/h6,8,11,13H,2-5,7,9-10,12,14-16H2,1H3,(H,27,32);5,7,10,12H,2-4,6,8-9,11,13-15H2,1H3,(H,26,31). The normalized spacial score (nSPS) is 13.1. The molecule has 0 fully saturated rings. The monoisotopic (exact) mass is 942 g/mol. The van der Waals surface area contributed by atoms with E-state index >= 15 is 0 Å². The Balaban J connectivity index is 0.000000204. The molecule has 0 saturated carbocycles. The Morgan fingerprint density at radius 2 is 0.942 bits per heavy atom. The van der Waals surface area contributed by atoms with Gasteiger partial charge in [-0.15, -0.1) is 0 Å². The molecular formula is C49H58N12O8. The first-order valence-corrected chi connectivity index (χ1v) is 23.7. The van der Waals surface area contributed by atoms with E-state index in [4.69, 9.17) is 9.05 Å². The molecule has 0 bridgehead atoms. The summed E-state index contributed by atoms with van der Waals surface area (Å²) in [6, 6.07) is 10.9. The number of nitrogens with zero attached hydrogens (tertiary/aromatic N) is 10. The minimum absolute atomic E-state index is 0.170. The number of hydrogen-bond donors (Lipinski definition) is 2. The topological polar surface area (TPSA) is 250 Å². The molecule has 0 atom stereocenters. The van der Waals surface area contributed by atoms with Gasteiger partial charge in [-0.05, 0) is 62.8 Å². The van der Waals surface area contributed by atoms with Gasteiger partial charge in [0.2, 0.25) is 0 Å². The van der Waals surface area contributed by atoms with Crippen LogP contribution >= 0.6 is 0 Å². The van der Waals surface area contributed by atoms with Crippen LogP contribution in [0.15, 0.2) is 102 Å². The highest BCUT2D eigenvalue weighted by atomic mass is 16.5. The number of hydrogen-bond acceptors (Lipinski definition) is 14. The number of unbranched alkanes of at least 4 members (excludes halogenated alkanes) is 7. The molecule has 20 heteroatoms. The average molecular weight is 943 g/mol. The summed E-state index contributed by atoms with van der Waals surface area (Å²) >= 11 is 0. The number of nitrogens with one attached hydrogen (secondary N) is 2. The molecule has 69 heavy (non-hydrogen) atoms. The summed E-state index contributed by atoms with van der Waals surface area (Å²) in [5.74, 6) is 0.929. The van der Waals surface area contributed by atoms with Gasteiger partial charge < -0.3 is 19.7 Å². The summed E-state index contributed by atoms with van der Waals surface area (Å²) in [5, 5.41) is 13.3. The minimum Gasteiger partial charge on any atom is -0.332 e. The van der Waals surface area contributed by atoms with Crippen molar-refractivity contribution in [2.24, 2.45) is 0 Å².